The summed E-state index contributed by atoms with van der Waals surface area (Å²) in [4.78, 5) is 20.8. The minimum absolute atomic E-state index is 0.189. The van der Waals surface area contributed by atoms with Crippen LogP contribution in [0, 0.1) is 19.3 Å². The van der Waals surface area contributed by atoms with Gasteiger partial charge in [-0.1, -0.05) is 18.6 Å². The number of nitrogens with one attached hydrogen (secondary N) is 1. The van der Waals surface area contributed by atoms with Crippen LogP contribution in [-0.2, 0) is 4.79 Å². The average molecular weight is 264 g/mol. The Labute approximate surface area is 111 Å². The van der Waals surface area contributed by atoms with Crippen LogP contribution in [0.5, 0.6) is 0 Å². The van der Waals surface area contributed by atoms with E-state index in [1.54, 1.807) is 0 Å². The molecule has 0 spiro atoms. The fraction of sp³-hybridized carbons (Fsp3) is 0.500. The van der Waals surface area contributed by atoms with Crippen LogP contribution in [0.4, 0.5) is 5.95 Å². The lowest BCUT2D eigenvalue weighted by molar-refractivity contribution is -0.125. The van der Waals surface area contributed by atoms with Crippen molar-refractivity contribution in [1.29, 1.82) is 0 Å². The van der Waals surface area contributed by atoms with Gasteiger partial charge in [0.1, 0.15) is 0 Å². The molecule has 0 aliphatic heterocycles. The molecule has 0 unspecified atom stereocenters. The molecule has 96 valence electrons. The number of hydrogen-bond donors (Lipinski definition) is 2. The first-order valence-corrected chi connectivity index (χ1v) is 6.28. The van der Waals surface area contributed by atoms with Crippen molar-refractivity contribution in [2.24, 2.45) is 11.1 Å². The molecule has 1 saturated carbocycles. The first-order valence-electron chi connectivity index (χ1n) is 5.88. The smallest absolute Gasteiger partial charge is 0.239 e. The van der Waals surface area contributed by atoms with E-state index in [0.717, 1.165) is 17.8 Å². The van der Waals surface area contributed by atoms with Crippen LogP contribution in [0.25, 0.3) is 0 Å². The van der Waals surface area contributed by atoms with Crippen molar-refractivity contribution in [1.82, 2.24) is 9.97 Å². The third kappa shape index (κ3) is 2.20. The second kappa shape index (κ2) is 4.61. The Morgan fingerprint density at radius 2 is 1.94 bits per heavy atom. The average Bonchev–Trinajstić information content (AvgIpc) is 2.11. The standard InChI is InChI=1S/C12H16N4OS/c1-7-6-8(2)15-11(14-7)16-10(17)12(9(13)18)4-3-5-12/h6H,3-5H2,1-2H3,(H2,13,18)(H,14,15,16,17). The summed E-state index contributed by atoms with van der Waals surface area (Å²) in [6.07, 6.45) is 2.39. The number of carbonyl (C=O) groups is 1. The van der Waals surface area contributed by atoms with Crippen molar-refractivity contribution in [2.75, 3.05) is 5.32 Å². The minimum atomic E-state index is -0.698. The molecule has 0 aromatic carbocycles. The van der Waals surface area contributed by atoms with Crippen LogP contribution >= 0.6 is 12.2 Å². The van der Waals surface area contributed by atoms with Gasteiger partial charge in [0.15, 0.2) is 0 Å². The van der Waals surface area contributed by atoms with E-state index in [4.69, 9.17) is 18.0 Å². The molecule has 1 aliphatic rings. The maximum atomic E-state index is 12.2. The monoisotopic (exact) mass is 264 g/mol. The molecule has 5 nitrogen and oxygen atoms in total. The number of nitrogens with zero attached hydrogens (tertiary/aromatic N) is 2. The van der Waals surface area contributed by atoms with Gasteiger partial charge in [0, 0.05) is 11.4 Å². The van der Waals surface area contributed by atoms with Crippen LogP contribution in [-0.4, -0.2) is 20.9 Å². The van der Waals surface area contributed by atoms with E-state index in [1.807, 2.05) is 19.9 Å². The lowest BCUT2D eigenvalue weighted by atomic mass is 9.68. The van der Waals surface area contributed by atoms with Gasteiger partial charge in [0.25, 0.3) is 0 Å². The molecule has 18 heavy (non-hydrogen) atoms. The number of carbonyl (C=O) groups excluding carboxylic acids is 1. The van der Waals surface area contributed by atoms with Crippen molar-refractivity contribution < 1.29 is 4.79 Å². The summed E-state index contributed by atoms with van der Waals surface area (Å²) in [6, 6.07) is 1.85. The molecule has 0 saturated heterocycles. The second-order valence-corrected chi connectivity index (χ2v) is 5.17. The summed E-state index contributed by atoms with van der Waals surface area (Å²) in [5, 5.41) is 2.72. The van der Waals surface area contributed by atoms with Crippen molar-refractivity contribution in [2.45, 2.75) is 33.1 Å². The highest BCUT2D eigenvalue weighted by Crippen LogP contribution is 2.42. The molecular weight excluding hydrogens is 248 g/mol. The number of aryl methyl sites for hydroxylation is 2. The lowest BCUT2D eigenvalue weighted by Gasteiger charge is -2.38. The van der Waals surface area contributed by atoms with Gasteiger partial charge in [-0.2, -0.15) is 0 Å². The maximum Gasteiger partial charge on any atom is 0.239 e. The Morgan fingerprint density at radius 1 is 1.39 bits per heavy atom. The molecule has 0 atom stereocenters. The summed E-state index contributed by atoms with van der Waals surface area (Å²) in [5.74, 6) is 0.131. The number of aromatic nitrogens is 2. The molecule has 1 aliphatic carbocycles. The van der Waals surface area contributed by atoms with Crippen LogP contribution in [0.15, 0.2) is 6.07 Å². The molecule has 1 fully saturated rings. The Balaban J connectivity index is 2.18. The first-order chi connectivity index (χ1) is 8.44. The molecular formula is C12H16N4OS. The summed E-state index contributed by atoms with van der Waals surface area (Å²) >= 11 is 5.00. The van der Waals surface area contributed by atoms with Gasteiger partial charge in [0.05, 0.1) is 10.4 Å². The largest absolute Gasteiger partial charge is 0.392 e. The van der Waals surface area contributed by atoms with Gasteiger partial charge < -0.3 is 5.73 Å². The maximum absolute atomic E-state index is 12.2. The predicted octanol–water partition coefficient (Wildman–Crippen LogP) is 1.49. The van der Waals surface area contributed by atoms with Gasteiger partial charge in [-0.3, -0.25) is 10.1 Å². The van der Waals surface area contributed by atoms with E-state index < -0.39 is 5.41 Å². The summed E-state index contributed by atoms with van der Waals surface area (Å²) < 4.78 is 0. The Morgan fingerprint density at radius 3 is 2.33 bits per heavy atom. The molecule has 0 radical (unpaired) electrons. The second-order valence-electron chi connectivity index (χ2n) is 4.73. The third-order valence-corrected chi connectivity index (χ3v) is 3.71. The SMILES string of the molecule is Cc1cc(C)nc(NC(=O)C2(C(N)=S)CCC2)n1. The van der Waals surface area contributed by atoms with Gasteiger partial charge in [-0.25, -0.2) is 9.97 Å². The van der Waals surface area contributed by atoms with E-state index in [0.29, 0.717) is 18.8 Å². The minimum Gasteiger partial charge on any atom is -0.392 e. The summed E-state index contributed by atoms with van der Waals surface area (Å²) in [5.41, 5.74) is 6.61. The quantitative estimate of drug-likeness (QED) is 0.808. The zero-order chi connectivity index (χ0) is 13.3. The van der Waals surface area contributed by atoms with Crippen LogP contribution in [0.1, 0.15) is 30.7 Å². The predicted molar refractivity (Wildman–Crippen MR) is 73.2 cm³/mol. The molecule has 1 aromatic rings. The van der Waals surface area contributed by atoms with Crippen LogP contribution in [0.2, 0.25) is 0 Å². The highest BCUT2D eigenvalue weighted by atomic mass is 32.1. The Hall–Kier alpha value is -1.56. The zero-order valence-corrected chi connectivity index (χ0v) is 11.3. The molecule has 3 N–H and O–H groups in total. The number of thiocarbonyl (C=S) groups is 1. The van der Waals surface area contributed by atoms with Crippen LogP contribution < -0.4 is 11.1 Å². The van der Waals surface area contributed by atoms with Crippen molar-refractivity contribution >= 4 is 29.1 Å². The summed E-state index contributed by atoms with van der Waals surface area (Å²) in [6.45, 7) is 3.72. The van der Waals surface area contributed by atoms with E-state index >= 15 is 0 Å². The van der Waals surface area contributed by atoms with Crippen molar-refractivity contribution in [3.63, 3.8) is 0 Å². The van der Waals surface area contributed by atoms with Crippen LogP contribution in [0.3, 0.4) is 0 Å². The van der Waals surface area contributed by atoms with Gasteiger partial charge in [0.2, 0.25) is 11.9 Å². The molecule has 1 amide bonds. The number of amides is 1. The number of rotatable bonds is 3. The third-order valence-electron chi connectivity index (χ3n) is 3.32. The topological polar surface area (TPSA) is 80.9 Å². The fourth-order valence-corrected chi connectivity index (χ4v) is 2.42. The molecule has 1 aromatic heterocycles. The number of nitrogens with two attached hydrogens (primary N) is 1. The highest BCUT2D eigenvalue weighted by Gasteiger charge is 2.47. The van der Waals surface area contributed by atoms with Crippen molar-refractivity contribution in [3.05, 3.63) is 17.5 Å². The molecule has 2 rings (SSSR count). The van der Waals surface area contributed by atoms with E-state index in [9.17, 15) is 4.79 Å². The lowest BCUT2D eigenvalue weighted by Crippen LogP contribution is -2.50. The molecule has 0 bridgehead atoms. The number of hydrogen-bond acceptors (Lipinski definition) is 4. The Bertz CT molecular complexity index is 491. The van der Waals surface area contributed by atoms with Gasteiger partial charge in [-0.05, 0) is 32.8 Å². The van der Waals surface area contributed by atoms with E-state index in [-0.39, 0.29) is 10.9 Å². The fourth-order valence-electron chi connectivity index (χ4n) is 2.12. The van der Waals surface area contributed by atoms with Gasteiger partial charge in [-0.15, -0.1) is 0 Å². The van der Waals surface area contributed by atoms with Crippen molar-refractivity contribution in [3.8, 4) is 0 Å². The highest BCUT2D eigenvalue weighted by molar-refractivity contribution is 7.80. The molecule has 6 heteroatoms. The number of anilines is 1. The summed E-state index contributed by atoms with van der Waals surface area (Å²) in [7, 11) is 0. The molecule has 1 heterocycles. The van der Waals surface area contributed by atoms with Gasteiger partial charge >= 0.3 is 0 Å². The van der Waals surface area contributed by atoms with E-state index in [2.05, 4.69) is 15.3 Å². The normalized spacial score (nSPS) is 16.8. The zero-order valence-electron chi connectivity index (χ0n) is 10.5. The van der Waals surface area contributed by atoms with E-state index in [1.165, 1.54) is 0 Å². The first kappa shape index (κ1) is 12.9. The Kier molecular flexibility index (Phi) is 3.30.